The van der Waals surface area contributed by atoms with Gasteiger partial charge in [-0.2, -0.15) is 0 Å². The van der Waals surface area contributed by atoms with E-state index in [9.17, 15) is 9.90 Å². The highest BCUT2D eigenvalue weighted by Crippen LogP contribution is 2.22. The van der Waals surface area contributed by atoms with Gasteiger partial charge in [-0.3, -0.25) is 10.1 Å². The lowest BCUT2D eigenvalue weighted by Crippen LogP contribution is -2.50. The minimum atomic E-state index is -0.818. The maximum atomic E-state index is 12.0. The summed E-state index contributed by atoms with van der Waals surface area (Å²) in [5.74, 6) is -0.730. The number of ether oxygens (including phenoxy) is 2. The number of hydrogen-bond donors (Lipinski definition) is 4. The van der Waals surface area contributed by atoms with Gasteiger partial charge in [-0.25, -0.2) is 0 Å². The van der Waals surface area contributed by atoms with Gasteiger partial charge in [0.15, 0.2) is 12.2 Å². The molecule has 0 aromatic heterocycles. The lowest BCUT2D eigenvalue weighted by Gasteiger charge is -2.29. The van der Waals surface area contributed by atoms with Gasteiger partial charge in [0, 0.05) is 23.8 Å². The summed E-state index contributed by atoms with van der Waals surface area (Å²) in [7, 11) is 1.66. The Kier molecular flexibility index (Phi) is 7.38. The second-order valence-electron chi connectivity index (χ2n) is 7.26. The van der Waals surface area contributed by atoms with Crippen LogP contribution in [-0.2, 0) is 14.3 Å². The quantitative estimate of drug-likeness (QED) is 0.400. The lowest BCUT2D eigenvalue weighted by molar-refractivity contribution is -0.171. The van der Waals surface area contributed by atoms with Crippen molar-refractivity contribution in [1.82, 2.24) is 10.6 Å². The number of aliphatic hydroxyl groups excluding tert-OH is 1. The standard InChI is InChI=1S/C17H31N3O4/c1-16(2,11-24-14-8-6-7-9-23-14)12(18)10-13(21)20-15(22)17(3,4)19-5/h10,14,18-19,21H,6-9,11H2,1-5H3,(H,20,22)/b13-10-,18-12?. The van der Waals surface area contributed by atoms with Gasteiger partial charge >= 0.3 is 0 Å². The first kappa shape index (κ1) is 20.6. The molecule has 0 saturated carbocycles. The number of nitrogens with one attached hydrogen (secondary N) is 3. The Hall–Kier alpha value is -1.44. The summed E-state index contributed by atoms with van der Waals surface area (Å²) in [5.41, 5.74) is -1.27. The van der Waals surface area contributed by atoms with E-state index in [4.69, 9.17) is 14.9 Å². The highest BCUT2D eigenvalue weighted by molar-refractivity contribution is 5.97. The molecule has 0 aromatic rings. The van der Waals surface area contributed by atoms with Crippen LogP contribution in [0.25, 0.3) is 0 Å². The lowest BCUT2D eigenvalue weighted by atomic mass is 9.88. The maximum Gasteiger partial charge on any atom is 0.246 e. The maximum absolute atomic E-state index is 12.0. The highest BCUT2D eigenvalue weighted by Gasteiger charge is 2.28. The van der Waals surface area contributed by atoms with E-state index in [-0.39, 0.29) is 23.8 Å². The molecule has 1 unspecified atom stereocenters. The summed E-state index contributed by atoms with van der Waals surface area (Å²) in [6.45, 7) is 8.10. The molecule has 4 N–H and O–H groups in total. The fraction of sp³-hybridized carbons (Fsp3) is 0.765. The molecule has 24 heavy (non-hydrogen) atoms. The second-order valence-corrected chi connectivity index (χ2v) is 7.26. The van der Waals surface area contributed by atoms with Crippen molar-refractivity contribution < 1.29 is 19.4 Å². The van der Waals surface area contributed by atoms with Crippen LogP contribution in [-0.4, -0.2) is 48.8 Å². The van der Waals surface area contributed by atoms with E-state index in [1.54, 1.807) is 20.9 Å². The first-order valence-corrected chi connectivity index (χ1v) is 8.32. The van der Waals surface area contributed by atoms with Crippen molar-refractivity contribution in [1.29, 1.82) is 5.41 Å². The zero-order valence-electron chi connectivity index (χ0n) is 15.4. The zero-order valence-corrected chi connectivity index (χ0v) is 15.4. The first-order chi connectivity index (χ1) is 11.1. The summed E-state index contributed by atoms with van der Waals surface area (Å²) < 4.78 is 11.2. The third-order valence-electron chi connectivity index (χ3n) is 4.21. The molecule has 1 atom stereocenters. The minimum Gasteiger partial charge on any atom is -0.494 e. The molecule has 0 spiro atoms. The summed E-state index contributed by atoms with van der Waals surface area (Å²) in [6.07, 6.45) is 4.02. The molecule has 0 aliphatic carbocycles. The SMILES string of the molecule is CNC(C)(C)C(=O)N/C(O)=C/C(=N)C(C)(C)COC1CCCCO1. The molecule has 1 aliphatic heterocycles. The zero-order chi connectivity index (χ0) is 18.4. The van der Waals surface area contributed by atoms with Crippen molar-refractivity contribution in [2.45, 2.75) is 58.8 Å². The van der Waals surface area contributed by atoms with E-state index in [2.05, 4.69) is 10.6 Å². The normalized spacial score (nSPS) is 19.9. The summed E-state index contributed by atoms with van der Waals surface area (Å²) in [6, 6.07) is 0. The Bertz CT molecular complexity index is 480. The smallest absolute Gasteiger partial charge is 0.246 e. The van der Waals surface area contributed by atoms with Gasteiger partial charge in [-0.05, 0) is 40.2 Å². The number of carbonyl (C=O) groups excluding carboxylic acids is 1. The molecule has 0 radical (unpaired) electrons. The van der Waals surface area contributed by atoms with Gasteiger partial charge in [0.05, 0.1) is 12.1 Å². The van der Waals surface area contributed by atoms with Crippen LogP contribution in [0.4, 0.5) is 0 Å². The van der Waals surface area contributed by atoms with E-state index in [1.165, 1.54) is 6.08 Å². The monoisotopic (exact) mass is 341 g/mol. The van der Waals surface area contributed by atoms with Crippen LogP contribution in [0.15, 0.2) is 12.0 Å². The van der Waals surface area contributed by atoms with Crippen molar-refractivity contribution in [3.63, 3.8) is 0 Å². The fourth-order valence-corrected chi connectivity index (χ4v) is 1.98. The largest absolute Gasteiger partial charge is 0.494 e. The van der Waals surface area contributed by atoms with Crippen LogP contribution in [0.5, 0.6) is 0 Å². The molecule has 1 heterocycles. The van der Waals surface area contributed by atoms with Crippen molar-refractivity contribution in [3.05, 3.63) is 12.0 Å². The van der Waals surface area contributed by atoms with Gasteiger partial charge in [0.25, 0.3) is 0 Å². The third kappa shape index (κ3) is 6.22. The Labute approximate surface area is 144 Å². The molecule has 0 bridgehead atoms. The minimum absolute atomic E-state index is 0.165. The van der Waals surface area contributed by atoms with Crippen molar-refractivity contribution >= 4 is 11.6 Å². The summed E-state index contributed by atoms with van der Waals surface area (Å²) in [5, 5.41) is 23.3. The number of hydrogen-bond acceptors (Lipinski definition) is 6. The van der Waals surface area contributed by atoms with E-state index in [0.29, 0.717) is 13.2 Å². The Morgan fingerprint density at radius 2 is 2.04 bits per heavy atom. The van der Waals surface area contributed by atoms with Crippen molar-refractivity contribution in [2.24, 2.45) is 5.41 Å². The topological polar surface area (TPSA) is 104 Å². The Balaban J connectivity index is 2.57. The predicted octanol–water partition coefficient (Wildman–Crippen LogP) is 2.09. The van der Waals surface area contributed by atoms with Gasteiger partial charge in [-0.1, -0.05) is 13.8 Å². The summed E-state index contributed by atoms with van der Waals surface area (Å²) >= 11 is 0. The van der Waals surface area contributed by atoms with Gasteiger partial charge in [-0.15, -0.1) is 0 Å². The molecule has 0 aromatic carbocycles. The van der Waals surface area contributed by atoms with E-state index < -0.39 is 11.0 Å². The Morgan fingerprint density at radius 1 is 1.38 bits per heavy atom. The van der Waals surface area contributed by atoms with Crippen LogP contribution < -0.4 is 10.6 Å². The number of amides is 1. The average molecular weight is 341 g/mol. The molecule has 1 saturated heterocycles. The molecule has 1 fully saturated rings. The number of allylic oxidation sites excluding steroid dienone is 1. The second kappa shape index (κ2) is 8.60. The van der Waals surface area contributed by atoms with E-state index in [1.807, 2.05) is 13.8 Å². The molecule has 1 rings (SSSR count). The molecule has 1 aliphatic rings. The highest BCUT2D eigenvalue weighted by atomic mass is 16.7. The third-order valence-corrected chi connectivity index (χ3v) is 4.21. The molecule has 138 valence electrons. The van der Waals surface area contributed by atoms with E-state index >= 15 is 0 Å². The number of aliphatic hydroxyl groups is 1. The fourth-order valence-electron chi connectivity index (χ4n) is 1.98. The van der Waals surface area contributed by atoms with Crippen molar-refractivity contribution in [3.8, 4) is 0 Å². The predicted molar refractivity (Wildman–Crippen MR) is 93.0 cm³/mol. The van der Waals surface area contributed by atoms with E-state index in [0.717, 1.165) is 19.3 Å². The van der Waals surface area contributed by atoms with Crippen LogP contribution >= 0.6 is 0 Å². The van der Waals surface area contributed by atoms with Crippen LogP contribution in [0.2, 0.25) is 0 Å². The van der Waals surface area contributed by atoms with Gasteiger partial charge < -0.3 is 25.3 Å². The average Bonchev–Trinajstić information content (AvgIpc) is 2.53. The van der Waals surface area contributed by atoms with Crippen LogP contribution in [0.1, 0.15) is 47.0 Å². The number of likely N-dealkylation sites (N-methyl/N-ethyl adjacent to an activating group) is 1. The van der Waals surface area contributed by atoms with Crippen LogP contribution in [0, 0.1) is 10.8 Å². The van der Waals surface area contributed by atoms with Crippen molar-refractivity contribution in [2.75, 3.05) is 20.3 Å². The molecule has 7 heteroatoms. The molecular weight excluding hydrogens is 310 g/mol. The van der Waals surface area contributed by atoms with Gasteiger partial charge in [0.2, 0.25) is 5.91 Å². The summed E-state index contributed by atoms with van der Waals surface area (Å²) in [4.78, 5) is 12.0. The molecule has 1 amide bonds. The number of carbonyl (C=O) groups is 1. The molecule has 7 nitrogen and oxygen atoms in total. The first-order valence-electron chi connectivity index (χ1n) is 8.32. The number of rotatable bonds is 8. The Morgan fingerprint density at radius 3 is 2.58 bits per heavy atom. The molecular formula is C17H31N3O4. The van der Waals surface area contributed by atoms with Gasteiger partial charge in [0.1, 0.15) is 0 Å². The van der Waals surface area contributed by atoms with Crippen LogP contribution in [0.3, 0.4) is 0 Å².